The number of H-pyrrole nitrogens is 2. The van der Waals surface area contributed by atoms with Crippen molar-refractivity contribution < 1.29 is 104 Å². The van der Waals surface area contributed by atoms with Crippen LogP contribution in [-0.2, 0) is 9.47 Å². The number of nitrogens with one attached hydrogen (secondary N) is 2. The first-order valence-corrected chi connectivity index (χ1v) is 24.6. The monoisotopic (exact) mass is 1150 g/mol. The number of hydrogen-bond donors (Lipinski definition) is 10. The van der Waals surface area contributed by atoms with Crippen molar-refractivity contribution in [1.82, 2.24) is 19.9 Å². The van der Waals surface area contributed by atoms with Gasteiger partial charge in [0, 0.05) is 44.3 Å². The Morgan fingerprint density at radius 1 is 0.354 bits per heavy atom. The smallest absolute Gasteiger partial charge is 0.229 e. The summed E-state index contributed by atoms with van der Waals surface area (Å²) >= 11 is 0. The second kappa shape index (κ2) is 21.7. The first kappa shape index (κ1) is 55.9. The van der Waals surface area contributed by atoms with Gasteiger partial charge in [-0.15, -0.1) is 0 Å². The van der Waals surface area contributed by atoms with E-state index in [1.807, 2.05) is 0 Å². The van der Waals surface area contributed by atoms with Crippen molar-refractivity contribution >= 4 is 46.4 Å². The summed E-state index contributed by atoms with van der Waals surface area (Å²) in [6, 6.07) is 15.7. The molecule has 0 radical (unpaired) electrons. The number of halogens is 10. The normalized spacial score (nSPS) is 23.4. The summed E-state index contributed by atoms with van der Waals surface area (Å²) in [5.41, 5.74) is -5.87. The first-order chi connectivity index (χ1) is 39.2. The minimum Gasteiger partial charge on any atom is -0.462 e. The standard InChI is InChI=1S/C56H40F10N4O12/c57-39-37(40(58)44(62)47(65)43(39)61)35-27-13-9-23(67-27)33(19-1-5-21(6-2-19)79-55-53(77)51(75)49(73)31(17-71)81-55)24-10-14-28(68-24)36(38-41(59)45(63)48(66)46(64)42(38)60)30-16-12-26(70-30)34(25-11-15-29(35)69-25)20-3-7-22(8-4-20)80-56-54(78)52(76)50(74)32(18-72)82-56/h1-16,31-32,49-56,67,70-78H,17-18H2/t31-,32-,49-,50-,51+,52+,53-,54-,55-,56-/m1/s1. The second-order valence-electron chi connectivity index (χ2n) is 19.1. The molecule has 4 aliphatic heterocycles. The molecule has 11 rings (SSSR count). The maximum atomic E-state index is 16.2. The lowest BCUT2D eigenvalue weighted by molar-refractivity contribution is -0.277. The topological polar surface area (TPSA) is 256 Å². The third-order valence-electron chi connectivity index (χ3n) is 14.2. The molecule has 82 heavy (non-hydrogen) atoms. The van der Waals surface area contributed by atoms with Crippen molar-refractivity contribution in [3.8, 4) is 56.0 Å². The third-order valence-corrected chi connectivity index (χ3v) is 14.2. The van der Waals surface area contributed by atoms with E-state index in [1.54, 1.807) is 0 Å². The molecule has 10 N–H and O–H groups in total. The zero-order valence-corrected chi connectivity index (χ0v) is 41.3. The van der Waals surface area contributed by atoms with Crippen LogP contribution in [0.3, 0.4) is 0 Å². The average molecular weight is 1150 g/mol. The molecule has 0 amide bonds. The summed E-state index contributed by atoms with van der Waals surface area (Å²) in [6.07, 6.45) is -11.8. The molecule has 2 fully saturated rings. The lowest BCUT2D eigenvalue weighted by Crippen LogP contribution is -2.60. The van der Waals surface area contributed by atoms with Crippen LogP contribution in [0.5, 0.6) is 11.5 Å². The Morgan fingerprint density at radius 2 is 0.634 bits per heavy atom. The van der Waals surface area contributed by atoms with Gasteiger partial charge in [0.2, 0.25) is 24.2 Å². The maximum Gasteiger partial charge on any atom is 0.229 e. The number of ether oxygens (including phenoxy) is 4. The van der Waals surface area contributed by atoms with E-state index in [0.29, 0.717) is 0 Å². The number of aromatic nitrogens is 4. The SMILES string of the molecule is OC[C@H]1O[C@@H](Oc2ccc(-c3c4nc(c(-c5c(F)c(F)c(F)c(F)c5F)c5ccc([nH]5)c(-c5ccc(O[C@@H]6O[C@H](CO)[C@@H](O)[C@H](O)[C@H]6O)cc5)c5nc(c(-c6c(F)c(F)c(F)c(F)c6F)c6ccc3[nH]6)C=C5)C=C4)cc2)[C@H](O)[C@@H](O)[C@@H]1O. The van der Waals surface area contributed by atoms with E-state index in [1.165, 1.54) is 84.9 Å². The fraction of sp³-hybridized carbons (Fsp3) is 0.214. The fourth-order valence-electron chi connectivity index (χ4n) is 9.99. The van der Waals surface area contributed by atoms with Crippen molar-refractivity contribution in [2.45, 2.75) is 61.4 Å². The molecule has 0 saturated carbocycles. The molecule has 7 heterocycles. The van der Waals surface area contributed by atoms with Gasteiger partial charge in [0.15, 0.2) is 46.5 Å². The number of hydrogen-bond acceptors (Lipinski definition) is 14. The van der Waals surface area contributed by atoms with Crippen molar-refractivity contribution in [2.75, 3.05) is 13.2 Å². The average Bonchev–Trinajstić information content (AvgIpc) is 4.29. The fourth-order valence-corrected chi connectivity index (χ4v) is 9.99. The molecular formula is C56H40F10N4O12. The molecule has 0 aliphatic carbocycles. The van der Waals surface area contributed by atoms with Crippen LogP contribution in [0.15, 0.2) is 72.8 Å². The quantitative estimate of drug-likeness (QED) is 0.0374. The Hall–Kier alpha value is -8.02. The van der Waals surface area contributed by atoms with Crippen molar-refractivity contribution in [3.63, 3.8) is 0 Å². The molecule has 2 saturated heterocycles. The third kappa shape index (κ3) is 9.44. The number of aromatic amines is 2. The Balaban J connectivity index is 1.18. The molecule has 3 aromatic heterocycles. The Bertz CT molecular complexity index is 3630. The second-order valence-corrected chi connectivity index (χ2v) is 19.1. The Morgan fingerprint density at radius 3 is 0.939 bits per heavy atom. The van der Waals surface area contributed by atoms with E-state index < -0.39 is 166 Å². The molecule has 0 unspecified atom stereocenters. The van der Waals surface area contributed by atoms with E-state index in [4.69, 9.17) is 18.9 Å². The molecule has 0 spiro atoms. The van der Waals surface area contributed by atoms with E-state index in [2.05, 4.69) is 19.9 Å². The summed E-state index contributed by atoms with van der Waals surface area (Å²) in [4.78, 5) is 15.1. The first-order valence-electron chi connectivity index (χ1n) is 24.6. The van der Waals surface area contributed by atoms with Gasteiger partial charge < -0.3 is 69.8 Å². The lowest BCUT2D eigenvalue weighted by Gasteiger charge is -2.39. The highest BCUT2D eigenvalue weighted by Crippen LogP contribution is 2.43. The van der Waals surface area contributed by atoms with Gasteiger partial charge in [0.25, 0.3) is 0 Å². The van der Waals surface area contributed by atoms with Gasteiger partial charge in [0.1, 0.15) is 60.3 Å². The molecule has 4 aromatic carbocycles. The van der Waals surface area contributed by atoms with Gasteiger partial charge in [0.05, 0.1) is 47.1 Å². The molecular weight excluding hydrogens is 1110 g/mol. The molecule has 8 bridgehead atoms. The highest BCUT2D eigenvalue weighted by Gasteiger charge is 2.46. The van der Waals surface area contributed by atoms with Crippen LogP contribution in [0.1, 0.15) is 22.8 Å². The Labute approximate surface area is 453 Å². The zero-order valence-electron chi connectivity index (χ0n) is 41.3. The van der Waals surface area contributed by atoms with Gasteiger partial charge in [-0.25, -0.2) is 53.9 Å². The predicted octanol–water partition coefficient (Wildman–Crippen LogP) is 7.07. The minimum atomic E-state index is -2.47. The largest absolute Gasteiger partial charge is 0.462 e. The molecule has 26 heteroatoms. The van der Waals surface area contributed by atoms with Gasteiger partial charge in [-0.05, 0) is 84.0 Å². The number of benzene rings is 4. The number of rotatable bonds is 10. The predicted molar refractivity (Wildman–Crippen MR) is 269 cm³/mol. The maximum absolute atomic E-state index is 16.2. The van der Waals surface area contributed by atoms with Gasteiger partial charge in [-0.2, -0.15) is 0 Å². The van der Waals surface area contributed by atoms with E-state index in [9.17, 15) is 49.6 Å². The van der Waals surface area contributed by atoms with E-state index in [0.717, 1.165) is 12.2 Å². The van der Waals surface area contributed by atoms with Crippen LogP contribution >= 0.6 is 0 Å². The molecule has 426 valence electrons. The summed E-state index contributed by atoms with van der Waals surface area (Å²) in [5, 5.41) is 81.8. The van der Waals surface area contributed by atoms with E-state index in [-0.39, 0.29) is 67.2 Å². The summed E-state index contributed by atoms with van der Waals surface area (Å²) < 4.78 is 178. The number of aliphatic hydroxyl groups excluding tert-OH is 8. The van der Waals surface area contributed by atoms with Crippen LogP contribution < -0.4 is 9.47 Å². The molecule has 16 nitrogen and oxygen atoms in total. The minimum absolute atomic E-state index is 0.00424. The van der Waals surface area contributed by atoms with Gasteiger partial charge in [-0.1, -0.05) is 24.3 Å². The highest BCUT2D eigenvalue weighted by molar-refractivity contribution is 6.00. The van der Waals surface area contributed by atoms with Crippen LogP contribution in [0.4, 0.5) is 43.9 Å². The lowest BCUT2D eigenvalue weighted by atomic mass is 9.99. The van der Waals surface area contributed by atoms with E-state index >= 15 is 35.1 Å². The summed E-state index contributed by atoms with van der Waals surface area (Å²) in [7, 11) is 0. The molecule has 4 aliphatic rings. The zero-order chi connectivity index (χ0) is 58.3. The molecule has 10 atom stereocenters. The van der Waals surface area contributed by atoms with Gasteiger partial charge >= 0.3 is 0 Å². The van der Waals surface area contributed by atoms with Crippen molar-refractivity contribution in [2.24, 2.45) is 0 Å². The Kier molecular flexibility index (Phi) is 14.8. The van der Waals surface area contributed by atoms with Crippen molar-refractivity contribution in [1.29, 1.82) is 0 Å². The summed E-state index contributed by atoms with van der Waals surface area (Å²) in [6.45, 7) is -1.55. The molecule has 7 aromatic rings. The highest BCUT2D eigenvalue weighted by atomic mass is 19.2. The van der Waals surface area contributed by atoms with Crippen LogP contribution in [0.2, 0.25) is 0 Å². The van der Waals surface area contributed by atoms with Gasteiger partial charge in [-0.3, -0.25) is 0 Å². The van der Waals surface area contributed by atoms with Crippen LogP contribution in [0.25, 0.3) is 90.9 Å². The summed E-state index contributed by atoms with van der Waals surface area (Å²) in [5.74, 6) is -23.3. The van der Waals surface area contributed by atoms with Crippen LogP contribution in [0, 0.1) is 58.2 Å². The number of fused-ring (bicyclic) bond motifs is 8. The number of nitrogens with zero attached hydrogens (tertiary/aromatic N) is 2. The number of aliphatic hydroxyl groups is 8. The van der Waals surface area contributed by atoms with Crippen LogP contribution in [-0.4, -0.2) is 135 Å². The van der Waals surface area contributed by atoms with Crippen molar-refractivity contribution in [3.05, 3.63) is 154 Å².